The Kier molecular flexibility index (Phi) is 10.6. The molecule has 0 aliphatic carbocycles. The molecule has 0 radical (unpaired) electrons. The number of ether oxygens (including phenoxy) is 4. The standard InChI is InChI=1S/C66H38O8/c67-63(71-57-25-9-21-47-31-39-13-1-5-17-43(39)35-53(47)57)51-29-30-52(64(68)72-58-26-10-22-48-32-40-14-2-6-18-44(40)36-54(48)58)62(66(70)74-60-28-12-24-50-34-42-16-4-8-20-46(42)38-56(50)60)61(51)65(69)73-59-27-11-23-49-33-41-15-3-7-19-45(41)37-55(49)59/h1-38H. The highest BCUT2D eigenvalue weighted by Gasteiger charge is 2.35. The smallest absolute Gasteiger partial charge is 0.345 e. The highest BCUT2D eigenvalue weighted by Crippen LogP contribution is 2.37. The molecule has 8 heteroatoms. The van der Waals surface area contributed by atoms with Crippen molar-refractivity contribution in [3.8, 4) is 23.0 Å². The van der Waals surface area contributed by atoms with Gasteiger partial charge in [0, 0.05) is 21.5 Å². The van der Waals surface area contributed by atoms with Gasteiger partial charge < -0.3 is 18.9 Å². The van der Waals surface area contributed by atoms with Crippen LogP contribution in [0.15, 0.2) is 231 Å². The highest BCUT2D eigenvalue weighted by molar-refractivity contribution is 6.18. The van der Waals surface area contributed by atoms with Crippen LogP contribution in [0.25, 0.3) is 86.2 Å². The van der Waals surface area contributed by atoms with E-state index >= 15 is 19.2 Å². The first-order chi connectivity index (χ1) is 36.3. The van der Waals surface area contributed by atoms with Crippen LogP contribution >= 0.6 is 0 Å². The minimum absolute atomic E-state index is 0.148. The Morgan fingerprint density at radius 1 is 0.216 bits per heavy atom. The molecular formula is C66H38O8. The van der Waals surface area contributed by atoms with Gasteiger partial charge in [-0.2, -0.15) is 0 Å². The summed E-state index contributed by atoms with van der Waals surface area (Å²) >= 11 is 0. The van der Waals surface area contributed by atoms with Crippen LogP contribution in [0.3, 0.4) is 0 Å². The number of carbonyl (C=O) groups is 4. The SMILES string of the molecule is O=C(Oc1cccc2cc3ccccc3cc12)c1ccc(C(=O)Oc2cccc3cc4ccccc4cc23)c(C(=O)Oc2cccc3cc4ccccc4cc23)c1C(=O)Oc1cccc2cc3ccccc3cc12. The molecule has 0 unspecified atom stereocenters. The maximum absolute atomic E-state index is 15.4. The zero-order valence-electron chi connectivity index (χ0n) is 39.2. The molecule has 0 aliphatic rings. The Morgan fingerprint density at radius 2 is 0.432 bits per heavy atom. The van der Waals surface area contributed by atoms with Gasteiger partial charge in [0.05, 0.1) is 22.3 Å². The third-order valence-electron chi connectivity index (χ3n) is 13.7. The Hall–Kier alpha value is -10.2. The maximum atomic E-state index is 15.4. The van der Waals surface area contributed by atoms with Crippen LogP contribution in [0.5, 0.6) is 23.0 Å². The van der Waals surface area contributed by atoms with Crippen LogP contribution in [-0.2, 0) is 0 Å². The highest BCUT2D eigenvalue weighted by atomic mass is 16.6. The van der Waals surface area contributed by atoms with E-state index in [-0.39, 0.29) is 34.1 Å². The summed E-state index contributed by atoms with van der Waals surface area (Å²) in [4.78, 5) is 60.9. The molecule has 0 atom stereocenters. The normalized spacial score (nSPS) is 11.5. The second-order valence-electron chi connectivity index (χ2n) is 18.2. The van der Waals surface area contributed by atoms with Crippen molar-refractivity contribution in [2.24, 2.45) is 0 Å². The van der Waals surface area contributed by atoms with E-state index < -0.39 is 35.0 Å². The molecule has 350 valence electrons. The van der Waals surface area contributed by atoms with Crippen molar-refractivity contribution >= 4 is 110 Å². The van der Waals surface area contributed by atoms with Crippen molar-refractivity contribution in [2.75, 3.05) is 0 Å². The zero-order valence-corrected chi connectivity index (χ0v) is 39.2. The van der Waals surface area contributed by atoms with Gasteiger partial charge in [-0.05, 0) is 150 Å². The van der Waals surface area contributed by atoms with E-state index in [9.17, 15) is 0 Å². The number of carbonyl (C=O) groups excluding carboxylic acids is 4. The van der Waals surface area contributed by atoms with Crippen molar-refractivity contribution in [3.63, 3.8) is 0 Å². The van der Waals surface area contributed by atoms with Gasteiger partial charge in [-0.15, -0.1) is 0 Å². The van der Waals surface area contributed by atoms with E-state index in [1.165, 1.54) is 12.1 Å². The van der Waals surface area contributed by atoms with Crippen LogP contribution in [0.4, 0.5) is 0 Å². The van der Waals surface area contributed by atoms with Crippen molar-refractivity contribution in [2.45, 2.75) is 0 Å². The van der Waals surface area contributed by atoms with E-state index in [2.05, 4.69) is 0 Å². The summed E-state index contributed by atoms with van der Waals surface area (Å²) in [6, 6.07) is 70.8. The Balaban J connectivity index is 0.997. The van der Waals surface area contributed by atoms with Crippen molar-refractivity contribution in [1.82, 2.24) is 0 Å². The van der Waals surface area contributed by atoms with Gasteiger partial charge in [0.1, 0.15) is 23.0 Å². The van der Waals surface area contributed by atoms with Crippen molar-refractivity contribution in [3.05, 3.63) is 253 Å². The lowest BCUT2D eigenvalue weighted by molar-refractivity contribution is 0.0663. The first-order valence-corrected chi connectivity index (χ1v) is 24.0. The molecule has 8 nitrogen and oxygen atoms in total. The molecule has 0 aromatic heterocycles. The van der Waals surface area contributed by atoms with Gasteiger partial charge >= 0.3 is 23.9 Å². The Bertz CT molecular complexity index is 4250. The van der Waals surface area contributed by atoms with Crippen molar-refractivity contribution < 1.29 is 38.1 Å². The number of fused-ring (bicyclic) bond motifs is 8. The summed E-state index contributed by atoms with van der Waals surface area (Å²) in [5, 5.41) is 13.2. The number of rotatable bonds is 8. The van der Waals surface area contributed by atoms with Gasteiger partial charge in [0.2, 0.25) is 0 Å². The molecule has 0 spiro atoms. The third kappa shape index (κ3) is 7.84. The van der Waals surface area contributed by atoms with Crippen LogP contribution < -0.4 is 18.9 Å². The quantitative estimate of drug-likeness (QED) is 0.0842. The molecular weight excluding hydrogens is 921 g/mol. The Labute approximate surface area is 422 Å². The van der Waals surface area contributed by atoms with E-state index in [4.69, 9.17) is 18.9 Å². The molecule has 0 aliphatic heterocycles. The minimum atomic E-state index is -1.12. The van der Waals surface area contributed by atoms with Crippen LogP contribution in [0.1, 0.15) is 41.4 Å². The van der Waals surface area contributed by atoms with E-state index in [0.29, 0.717) is 21.5 Å². The monoisotopic (exact) mass is 958 g/mol. The van der Waals surface area contributed by atoms with E-state index in [0.717, 1.165) is 64.6 Å². The second-order valence-corrected chi connectivity index (χ2v) is 18.2. The average Bonchev–Trinajstić information content (AvgIpc) is 3.43. The summed E-state index contributed by atoms with van der Waals surface area (Å²) < 4.78 is 25.1. The molecule has 0 N–H and O–H groups in total. The molecule has 0 heterocycles. The Morgan fingerprint density at radius 3 is 0.689 bits per heavy atom. The topological polar surface area (TPSA) is 105 Å². The molecule has 74 heavy (non-hydrogen) atoms. The van der Waals surface area contributed by atoms with Gasteiger partial charge in [-0.25, -0.2) is 19.2 Å². The molecule has 0 saturated heterocycles. The number of hydrogen-bond donors (Lipinski definition) is 0. The fourth-order valence-electron chi connectivity index (χ4n) is 10.1. The molecule has 0 bridgehead atoms. The summed E-state index contributed by atoms with van der Waals surface area (Å²) in [6.07, 6.45) is 0. The number of hydrogen-bond acceptors (Lipinski definition) is 8. The fraction of sp³-hybridized carbons (Fsp3) is 0. The van der Waals surface area contributed by atoms with E-state index in [1.807, 2.05) is 170 Å². The molecule has 13 rings (SSSR count). The molecule has 0 fully saturated rings. The fourth-order valence-corrected chi connectivity index (χ4v) is 10.1. The summed E-state index contributed by atoms with van der Waals surface area (Å²) in [6.45, 7) is 0. The predicted molar refractivity (Wildman–Crippen MR) is 292 cm³/mol. The average molecular weight is 959 g/mol. The maximum Gasteiger partial charge on any atom is 0.345 e. The second kappa shape index (κ2) is 17.9. The molecule has 13 aromatic carbocycles. The van der Waals surface area contributed by atoms with E-state index in [1.54, 1.807) is 48.5 Å². The summed E-state index contributed by atoms with van der Waals surface area (Å²) in [7, 11) is 0. The lowest BCUT2D eigenvalue weighted by Crippen LogP contribution is -2.27. The van der Waals surface area contributed by atoms with Gasteiger partial charge in [0.15, 0.2) is 0 Å². The van der Waals surface area contributed by atoms with Crippen LogP contribution in [0, 0.1) is 0 Å². The zero-order chi connectivity index (χ0) is 49.9. The lowest BCUT2D eigenvalue weighted by Gasteiger charge is -2.18. The largest absolute Gasteiger partial charge is 0.422 e. The number of benzene rings is 13. The van der Waals surface area contributed by atoms with Gasteiger partial charge in [-0.3, -0.25) is 0 Å². The number of esters is 4. The lowest BCUT2D eigenvalue weighted by atomic mass is 9.95. The van der Waals surface area contributed by atoms with Crippen LogP contribution in [0.2, 0.25) is 0 Å². The predicted octanol–water partition coefficient (Wildman–Crippen LogP) is 15.8. The molecule has 0 saturated carbocycles. The molecule has 13 aromatic rings. The first-order valence-electron chi connectivity index (χ1n) is 24.0. The van der Waals surface area contributed by atoms with Crippen molar-refractivity contribution in [1.29, 1.82) is 0 Å². The summed E-state index contributed by atoms with van der Waals surface area (Å²) in [5.74, 6) is -3.52. The first kappa shape index (κ1) is 43.8. The van der Waals surface area contributed by atoms with Gasteiger partial charge in [0.25, 0.3) is 0 Å². The van der Waals surface area contributed by atoms with Crippen LogP contribution in [-0.4, -0.2) is 23.9 Å². The third-order valence-corrected chi connectivity index (χ3v) is 13.7. The van der Waals surface area contributed by atoms with Gasteiger partial charge in [-0.1, -0.05) is 146 Å². The minimum Gasteiger partial charge on any atom is -0.422 e. The summed E-state index contributed by atoms with van der Waals surface area (Å²) in [5.41, 5.74) is -1.84. The molecule has 0 amide bonds.